The number of aliphatic hydroxyl groups excluding tert-OH is 1. The van der Waals surface area contributed by atoms with Crippen LogP contribution >= 0.6 is 0 Å². The van der Waals surface area contributed by atoms with Crippen LogP contribution in [0.4, 0.5) is 13.2 Å². The van der Waals surface area contributed by atoms with E-state index >= 15 is 0 Å². The van der Waals surface area contributed by atoms with Gasteiger partial charge in [0.15, 0.2) is 0 Å². The fourth-order valence-corrected chi connectivity index (χ4v) is 10.9. The normalized spacial score (nSPS) is 36.5. The number of hydrogen-bond donors (Lipinski definition) is 2. The lowest BCUT2D eigenvalue weighted by molar-refractivity contribution is -0.196. The third kappa shape index (κ3) is 11.1. The second kappa shape index (κ2) is 18.6. The first kappa shape index (κ1) is 39.9. The number of halogens is 3. The Bertz CT molecular complexity index is 994. The first-order chi connectivity index (χ1) is 22.8. The molecule has 0 saturated heterocycles. The Hall–Kier alpha value is -0.840. The van der Waals surface area contributed by atoms with Gasteiger partial charge in [-0.25, -0.2) is 0 Å². The predicted octanol–water partition coefficient (Wildman–Crippen LogP) is 13.2. The molecule has 0 aromatic heterocycles. The van der Waals surface area contributed by atoms with E-state index < -0.39 is 24.1 Å². The summed E-state index contributed by atoms with van der Waals surface area (Å²) in [6.45, 7) is 13.8. The minimum Gasteiger partial charge on any atom is -0.393 e. The van der Waals surface area contributed by atoms with Crippen LogP contribution in [0.1, 0.15) is 170 Å². The molecule has 0 bridgehead atoms. The molecule has 4 aliphatic rings. The van der Waals surface area contributed by atoms with E-state index in [2.05, 4.69) is 41.5 Å². The van der Waals surface area contributed by atoms with Gasteiger partial charge in [-0.1, -0.05) is 85.3 Å². The van der Waals surface area contributed by atoms with E-state index in [0.29, 0.717) is 36.5 Å². The van der Waals surface area contributed by atoms with Gasteiger partial charge in [-0.15, -0.1) is 0 Å². The Morgan fingerprint density at radius 3 is 2.17 bits per heavy atom. The lowest BCUT2D eigenvalue weighted by atomic mass is 9.61. The maximum atomic E-state index is 14.4. The van der Waals surface area contributed by atoms with Crippen molar-refractivity contribution in [2.75, 3.05) is 0 Å². The fraction of sp³-hybridized carbons (Fsp3) is 0.930. The van der Waals surface area contributed by atoms with E-state index in [1.165, 1.54) is 63.4 Å². The summed E-state index contributed by atoms with van der Waals surface area (Å²) in [4.78, 5) is 0. The molecule has 11 unspecified atom stereocenters. The molecule has 4 rings (SSSR count). The third-order valence-corrected chi connectivity index (χ3v) is 14.1. The molecule has 5 heteroatoms. The zero-order valence-corrected chi connectivity index (χ0v) is 31.8. The SMILES string of the molecule is CCCC(CCC(C)C)C1CCC(CCC)C(C(=N)C2CC(C(O)CC3CCC(C=C4CCC(C)CC4)C(C(F)(F)F)C3)CCC2C)C1. The maximum Gasteiger partial charge on any atom is 0.392 e. The summed E-state index contributed by atoms with van der Waals surface area (Å²) < 4.78 is 43.2. The fourth-order valence-electron chi connectivity index (χ4n) is 10.9. The van der Waals surface area contributed by atoms with Gasteiger partial charge in [-0.2, -0.15) is 13.2 Å². The molecule has 2 nitrogen and oxygen atoms in total. The van der Waals surface area contributed by atoms with Crippen LogP contribution in [0.15, 0.2) is 11.6 Å². The van der Waals surface area contributed by atoms with Crippen molar-refractivity contribution in [1.29, 1.82) is 5.41 Å². The number of allylic oxidation sites excluding steroid dienone is 2. The van der Waals surface area contributed by atoms with Gasteiger partial charge in [-0.05, 0) is 161 Å². The van der Waals surface area contributed by atoms with E-state index in [9.17, 15) is 23.7 Å². The molecule has 0 amide bonds. The van der Waals surface area contributed by atoms with Crippen LogP contribution in [0.3, 0.4) is 0 Å². The van der Waals surface area contributed by atoms with Gasteiger partial charge in [0.2, 0.25) is 0 Å². The minimum atomic E-state index is -4.19. The monoisotopic (exact) mass is 678 g/mol. The van der Waals surface area contributed by atoms with Crippen LogP contribution in [-0.4, -0.2) is 23.1 Å². The quantitative estimate of drug-likeness (QED) is 0.139. The molecule has 0 spiro atoms. The standard InChI is InChI=1S/C43H74F3NO/c1-7-9-33(18-11-28(3)4)35-22-21-34(10-8-2)39(26-35)42(47)38-27-37(19-14-30(38)6)41(48)25-32-17-20-36(40(24-32)43(44,45)46)23-31-15-12-29(5)13-16-31/h23,28-30,32-41,47-48H,7-22,24-27H2,1-6H3. The van der Waals surface area contributed by atoms with E-state index in [1.54, 1.807) is 0 Å². The highest BCUT2D eigenvalue weighted by Crippen LogP contribution is 2.49. The maximum absolute atomic E-state index is 14.4. The summed E-state index contributed by atoms with van der Waals surface area (Å²) in [6.07, 6.45) is 17.5. The van der Waals surface area contributed by atoms with Crippen molar-refractivity contribution >= 4 is 5.71 Å². The summed E-state index contributed by atoms with van der Waals surface area (Å²) in [5, 5.41) is 21.3. The summed E-state index contributed by atoms with van der Waals surface area (Å²) >= 11 is 0. The summed E-state index contributed by atoms with van der Waals surface area (Å²) in [7, 11) is 0. The number of hydrogen-bond acceptors (Lipinski definition) is 2. The zero-order valence-electron chi connectivity index (χ0n) is 31.8. The molecule has 0 aliphatic heterocycles. The molecular weight excluding hydrogens is 603 g/mol. The molecule has 2 N–H and O–H groups in total. The number of aliphatic hydroxyl groups is 1. The summed E-state index contributed by atoms with van der Waals surface area (Å²) in [5.41, 5.74) is 2.21. The molecule has 0 radical (unpaired) electrons. The number of alkyl halides is 3. The Morgan fingerprint density at radius 2 is 1.52 bits per heavy atom. The topological polar surface area (TPSA) is 44.1 Å². The highest BCUT2D eigenvalue weighted by molar-refractivity contribution is 5.87. The van der Waals surface area contributed by atoms with E-state index in [0.717, 1.165) is 74.8 Å². The van der Waals surface area contributed by atoms with Gasteiger partial charge in [0, 0.05) is 5.71 Å². The van der Waals surface area contributed by atoms with Crippen molar-refractivity contribution in [1.82, 2.24) is 0 Å². The van der Waals surface area contributed by atoms with Crippen molar-refractivity contribution in [3.05, 3.63) is 11.6 Å². The van der Waals surface area contributed by atoms with Crippen molar-refractivity contribution in [2.24, 2.45) is 71.0 Å². The van der Waals surface area contributed by atoms with Crippen molar-refractivity contribution in [2.45, 2.75) is 182 Å². The minimum absolute atomic E-state index is 0.0701. The average Bonchev–Trinajstić information content (AvgIpc) is 3.04. The molecule has 0 aromatic carbocycles. The smallest absolute Gasteiger partial charge is 0.392 e. The summed E-state index contributed by atoms with van der Waals surface area (Å²) in [6, 6.07) is 0. The van der Waals surface area contributed by atoms with Crippen LogP contribution in [-0.2, 0) is 0 Å². The number of rotatable bonds is 14. The highest BCUT2D eigenvalue weighted by atomic mass is 19.4. The van der Waals surface area contributed by atoms with Gasteiger partial charge in [0.05, 0.1) is 12.0 Å². The van der Waals surface area contributed by atoms with Crippen molar-refractivity contribution in [3.8, 4) is 0 Å². The van der Waals surface area contributed by atoms with E-state index in [-0.39, 0.29) is 24.2 Å². The van der Waals surface area contributed by atoms with Crippen molar-refractivity contribution < 1.29 is 18.3 Å². The third-order valence-electron chi connectivity index (χ3n) is 14.1. The molecule has 278 valence electrons. The van der Waals surface area contributed by atoms with E-state index in [4.69, 9.17) is 0 Å². The Balaban J connectivity index is 1.39. The van der Waals surface area contributed by atoms with Gasteiger partial charge < -0.3 is 10.5 Å². The first-order valence-corrected chi connectivity index (χ1v) is 20.8. The lowest BCUT2D eigenvalue weighted by Gasteiger charge is -2.45. The lowest BCUT2D eigenvalue weighted by Crippen LogP contribution is -2.42. The molecule has 48 heavy (non-hydrogen) atoms. The Kier molecular flexibility index (Phi) is 15.5. The average molecular weight is 678 g/mol. The molecular formula is C43H74F3NO. The Morgan fingerprint density at radius 1 is 0.833 bits per heavy atom. The second-order valence-electron chi connectivity index (χ2n) is 18.2. The van der Waals surface area contributed by atoms with Crippen LogP contribution in [0.5, 0.6) is 0 Å². The van der Waals surface area contributed by atoms with Crippen molar-refractivity contribution in [3.63, 3.8) is 0 Å². The van der Waals surface area contributed by atoms with Gasteiger partial charge in [0.1, 0.15) is 0 Å². The molecule has 4 saturated carbocycles. The molecule has 0 heterocycles. The van der Waals surface area contributed by atoms with Crippen LogP contribution in [0.25, 0.3) is 0 Å². The molecule has 11 atom stereocenters. The molecule has 0 aromatic rings. The zero-order chi connectivity index (χ0) is 35.0. The van der Waals surface area contributed by atoms with Gasteiger partial charge in [0.25, 0.3) is 0 Å². The first-order valence-electron chi connectivity index (χ1n) is 20.8. The van der Waals surface area contributed by atoms with Gasteiger partial charge >= 0.3 is 6.18 Å². The Labute approximate surface area is 293 Å². The van der Waals surface area contributed by atoms with E-state index in [1.807, 2.05) is 6.08 Å². The second-order valence-corrected chi connectivity index (χ2v) is 18.2. The number of nitrogens with one attached hydrogen (secondary N) is 1. The molecule has 4 fully saturated rings. The van der Waals surface area contributed by atoms with Crippen LogP contribution in [0, 0.1) is 76.4 Å². The van der Waals surface area contributed by atoms with Crippen LogP contribution < -0.4 is 0 Å². The van der Waals surface area contributed by atoms with Gasteiger partial charge in [-0.3, -0.25) is 0 Å². The predicted molar refractivity (Wildman–Crippen MR) is 196 cm³/mol. The highest BCUT2D eigenvalue weighted by Gasteiger charge is 2.48. The largest absolute Gasteiger partial charge is 0.393 e. The molecule has 4 aliphatic carbocycles. The van der Waals surface area contributed by atoms with Crippen LogP contribution in [0.2, 0.25) is 0 Å². The summed E-state index contributed by atoms with van der Waals surface area (Å²) in [5.74, 6) is 2.85.